The summed E-state index contributed by atoms with van der Waals surface area (Å²) in [7, 11) is -2.44. The van der Waals surface area contributed by atoms with Gasteiger partial charge in [-0.2, -0.15) is 18.4 Å². The minimum absolute atomic E-state index is 0.0258. The van der Waals surface area contributed by atoms with Crippen molar-refractivity contribution in [1.29, 1.82) is 5.26 Å². The van der Waals surface area contributed by atoms with Gasteiger partial charge < -0.3 is 23.6 Å². The molecule has 2 N–H and O–H groups in total. The molecule has 20 heteroatoms. The number of nitriles is 1. The largest absolute Gasteiger partial charge is 0.462 e. The van der Waals surface area contributed by atoms with E-state index in [2.05, 4.69) is 5.09 Å². The highest BCUT2D eigenvalue weighted by Gasteiger charge is 2.51. The van der Waals surface area contributed by atoms with E-state index in [1.165, 1.54) is 69.2 Å². The molecular formula is C36H36F4N5O9PS. The lowest BCUT2D eigenvalue weighted by molar-refractivity contribution is -0.149. The maximum absolute atomic E-state index is 15.4. The van der Waals surface area contributed by atoms with E-state index in [0.29, 0.717) is 11.6 Å². The number of nitrogens with one attached hydrogen (secondary N) is 2. The van der Waals surface area contributed by atoms with Crippen molar-refractivity contribution in [2.75, 3.05) is 23.3 Å². The molecule has 2 atom stereocenters. The Bertz CT molecular complexity index is 2130. The number of thiocarbonyl (C=S) groups is 1. The molecule has 1 aliphatic heterocycles. The molecule has 1 saturated heterocycles. The number of benzene rings is 3. The molecule has 56 heavy (non-hydrogen) atoms. The third-order valence-electron chi connectivity index (χ3n) is 7.97. The number of alkyl halides is 3. The molecule has 3 aromatic carbocycles. The second kappa shape index (κ2) is 17.2. The van der Waals surface area contributed by atoms with Gasteiger partial charge in [0.05, 0.1) is 34.6 Å². The predicted octanol–water partition coefficient (Wildman–Crippen LogP) is 6.80. The van der Waals surface area contributed by atoms with Crippen LogP contribution in [0.1, 0.15) is 61.7 Å². The molecule has 3 aromatic rings. The number of carbonyl (C=O) groups is 4. The van der Waals surface area contributed by atoms with E-state index in [1.807, 2.05) is 5.32 Å². The van der Waals surface area contributed by atoms with Gasteiger partial charge in [0.25, 0.3) is 11.8 Å². The lowest BCUT2D eigenvalue weighted by atomic mass is 10.0. The number of hydrogen-bond donors (Lipinski definition) is 2. The molecular weight excluding hydrogens is 785 g/mol. The number of nitrogens with zero attached hydrogens (tertiary/aromatic N) is 3. The molecule has 0 aliphatic carbocycles. The molecule has 0 radical (unpaired) electrons. The van der Waals surface area contributed by atoms with Gasteiger partial charge in [-0.1, -0.05) is 12.1 Å². The molecule has 4 rings (SSSR count). The first-order valence-electron chi connectivity index (χ1n) is 16.5. The summed E-state index contributed by atoms with van der Waals surface area (Å²) >= 11 is 5.46. The zero-order chi connectivity index (χ0) is 41.7. The van der Waals surface area contributed by atoms with Crippen LogP contribution in [-0.2, 0) is 41.1 Å². The standard InChI is InChI=1S/C36H36F4N5O9PS/c1-20(2)53-31(47)21(3)43-55(50,19-51-6)54-26-12-7-22(8-13-26)18-52-33(49)42-30(46)27-14-11-25(16-29(27)37)45-34(56)44(32(48)35(45,4)5)24-10-9-23(17-41)28(15-24)36(38,39)40/h7-16,20-21H,18-19H2,1-6H3,(H,43,50)(H,42,46,49)/t21-,55?/m0/s1. The van der Waals surface area contributed by atoms with Gasteiger partial charge >= 0.3 is 25.8 Å². The molecule has 14 nitrogen and oxygen atoms in total. The Morgan fingerprint density at radius 3 is 2.23 bits per heavy atom. The summed E-state index contributed by atoms with van der Waals surface area (Å²) in [5.74, 6) is -3.55. The summed E-state index contributed by atoms with van der Waals surface area (Å²) in [6, 6.07) is 12.1. The van der Waals surface area contributed by atoms with E-state index >= 15 is 4.39 Å². The highest BCUT2D eigenvalue weighted by atomic mass is 32.1. The van der Waals surface area contributed by atoms with Crippen molar-refractivity contribution >= 4 is 60.1 Å². The predicted molar refractivity (Wildman–Crippen MR) is 197 cm³/mol. The number of hydrogen-bond acceptors (Lipinski definition) is 11. The highest BCUT2D eigenvalue weighted by Crippen LogP contribution is 2.44. The Morgan fingerprint density at radius 2 is 1.66 bits per heavy atom. The third-order valence-corrected chi connectivity index (χ3v) is 10.2. The van der Waals surface area contributed by atoms with Crippen molar-refractivity contribution < 1.29 is 60.0 Å². The minimum atomic E-state index is -4.90. The van der Waals surface area contributed by atoms with Gasteiger partial charge in [0.2, 0.25) is 0 Å². The van der Waals surface area contributed by atoms with Crippen molar-refractivity contribution in [3.05, 3.63) is 88.7 Å². The van der Waals surface area contributed by atoms with Gasteiger partial charge in [-0.05, 0) is 101 Å². The molecule has 0 saturated carbocycles. The average Bonchev–Trinajstić information content (AvgIpc) is 3.28. The summed E-state index contributed by atoms with van der Waals surface area (Å²) in [5.41, 5.74) is -3.92. The van der Waals surface area contributed by atoms with Crippen molar-refractivity contribution in [2.24, 2.45) is 0 Å². The van der Waals surface area contributed by atoms with Crippen LogP contribution in [0.2, 0.25) is 0 Å². The third kappa shape index (κ3) is 9.87. The first-order valence-corrected chi connectivity index (χ1v) is 18.8. The van der Waals surface area contributed by atoms with Gasteiger partial charge in [-0.25, -0.2) is 14.3 Å². The number of halogens is 4. The van der Waals surface area contributed by atoms with E-state index in [9.17, 15) is 36.9 Å². The Morgan fingerprint density at radius 1 is 1.02 bits per heavy atom. The molecule has 1 unspecified atom stereocenters. The van der Waals surface area contributed by atoms with Crippen LogP contribution in [0.4, 0.5) is 33.7 Å². The van der Waals surface area contributed by atoms with Crippen LogP contribution in [0, 0.1) is 17.1 Å². The summed E-state index contributed by atoms with van der Waals surface area (Å²) in [4.78, 5) is 52.9. The monoisotopic (exact) mass is 821 g/mol. The minimum Gasteiger partial charge on any atom is -0.462 e. The summed E-state index contributed by atoms with van der Waals surface area (Å²) in [6.45, 7) is 7.28. The van der Waals surface area contributed by atoms with Crippen LogP contribution in [0.3, 0.4) is 0 Å². The Labute approximate surface area is 324 Å². The Kier molecular flexibility index (Phi) is 13.3. The number of rotatable bonds is 13. The summed E-state index contributed by atoms with van der Waals surface area (Å²) < 4.78 is 90.5. The van der Waals surface area contributed by atoms with E-state index in [-0.39, 0.29) is 41.3 Å². The van der Waals surface area contributed by atoms with Gasteiger partial charge in [0.1, 0.15) is 36.1 Å². The molecule has 1 heterocycles. The number of esters is 1. The highest BCUT2D eigenvalue weighted by molar-refractivity contribution is 7.81. The summed E-state index contributed by atoms with van der Waals surface area (Å²) in [5, 5.41) is 13.4. The molecule has 0 aromatic heterocycles. The van der Waals surface area contributed by atoms with E-state index < -0.39 is 71.7 Å². The fraction of sp³-hybridized carbons (Fsp3) is 0.333. The summed E-state index contributed by atoms with van der Waals surface area (Å²) in [6.07, 6.45) is -6.88. The molecule has 298 valence electrons. The van der Waals surface area contributed by atoms with E-state index in [4.69, 9.17) is 36.2 Å². The molecule has 0 spiro atoms. The van der Waals surface area contributed by atoms with Crippen molar-refractivity contribution in [1.82, 2.24) is 10.4 Å². The fourth-order valence-electron chi connectivity index (χ4n) is 5.39. The van der Waals surface area contributed by atoms with Crippen LogP contribution in [-0.4, -0.2) is 60.1 Å². The van der Waals surface area contributed by atoms with E-state index in [0.717, 1.165) is 29.2 Å². The molecule has 1 fully saturated rings. The fourth-order valence-corrected chi connectivity index (χ4v) is 7.59. The first-order chi connectivity index (χ1) is 26.1. The second-order valence-corrected chi connectivity index (χ2v) is 15.4. The lowest BCUT2D eigenvalue weighted by Gasteiger charge is -2.29. The number of ether oxygens (including phenoxy) is 3. The van der Waals surface area contributed by atoms with Crippen LogP contribution in [0.25, 0.3) is 0 Å². The van der Waals surface area contributed by atoms with Crippen LogP contribution < -0.4 is 24.7 Å². The zero-order valence-electron chi connectivity index (χ0n) is 30.7. The second-order valence-electron chi connectivity index (χ2n) is 13.0. The normalized spacial score (nSPS) is 15.5. The quantitative estimate of drug-likeness (QED) is 0.0797. The number of imide groups is 1. The van der Waals surface area contributed by atoms with Crippen LogP contribution in [0.15, 0.2) is 60.7 Å². The Balaban J connectivity index is 1.40. The zero-order valence-corrected chi connectivity index (χ0v) is 32.4. The number of methoxy groups -OCH3 is 1. The maximum Gasteiger partial charge on any atom is 0.417 e. The maximum atomic E-state index is 15.4. The van der Waals surface area contributed by atoms with Gasteiger partial charge in [-0.3, -0.25) is 29.2 Å². The lowest BCUT2D eigenvalue weighted by Crippen LogP contribution is -2.44. The molecule has 0 bridgehead atoms. The van der Waals surface area contributed by atoms with Gasteiger partial charge in [-0.15, -0.1) is 0 Å². The molecule has 1 aliphatic rings. The Hall–Kier alpha value is -5.41. The topological polar surface area (TPSA) is 177 Å². The number of amides is 3. The number of carbonyl (C=O) groups excluding carboxylic acids is 4. The number of alkyl carbamates (subject to hydrolysis) is 1. The SMILES string of the molecule is COCP(=O)(N[C@@H](C)C(=O)OC(C)C)Oc1ccc(COC(=O)NC(=O)c2ccc(N3C(=S)N(c4ccc(C#N)c(C(F)(F)F)c4)C(=O)C3(C)C)cc2F)cc1. The van der Waals surface area contributed by atoms with Crippen molar-refractivity contribution in [3.8, 4) is 11.8 Å². The van der Waals surface area contributed by atoms with Gasteiger partial charge in [0.15, 0.2) is 5.11 Å². The van der Waals surface area contributed by atoms with Crippen LogP contribution >= 0.6 is 19.7 Å². The number of anilines is 2. The average molecular weight is 822 g/mol. The smallest absolute Gasteiger partial charge is 0.417 e. The van der Waals surface area contributed by atoms with Crippen molar-refractivity contribution in [3.63, 3.8) is 0 Å². The van der Waals surface area contributed by atoms with Crippen molar-refractivity contribution in [2.45, 2.75) is 65.1 Å². The van der Waals surface area contributed by atoms with E-state index in [1.54, 1.807) is 13.8 Å². The van der Waals surface area contributed by atoms with Gasteiger partial charge in [0, 0.05) is 12.8 Å². The molecule has 3 amide bonds. The first kappa shape index (κ1) is 43.3. The van der Waals surface area contributed by atoms with Crippen LogP contribution in [0.5, 0.6) is 5.75 Å².